The van der Waals surface area contributed by atoms with Gasteiger partial charge in [0.1, 0.15) is 11.2 Å². The van der Waals surface area contributed by atoms with E-state index in [1.54, 1.807) is 20.9 Å². The summed E-state index contributed by atoms with van der Waals surface area (Å²) in [7, 11) is 1.78. The Morgan fingerprint density at radius 3 is 2.68 bits per heavy atom. The van der Waals surface area contributed by atoms with Crippen LogP contribution >= 0.6 is 0 Å². The van der Waals surface area contributed by atoms with Crippen LogP contribution in [0.2, 0.25) is 0 Å². The number of rotatable bonds is 5. The van der Waals surface area contributed by atoms with Crippen LogP contribution in [-0.4, -0.2) is 89.7 Å². The number of hydrogen-bond acceptors (Lipinski definition) is 7. The molecule has 2 aliphatic rings. The maximum atomic E-state index is 15.4. The molecule has 3 aromatic heterocycles. The van der Waals surface area contributed by atoms with Crippen molar-refractivity contribution >= 4 is 45.3 Å². The summed E-state index contributed by atoms with van der Waals surface area (Å²) in [6, 6.07) is 8.61. The van der Waals surface area contributed by atoms with Gasteiger partial charge in [0.05, 0.1) is 36.2 Å². The summed E-state index contributed by atoms with van der Waals surface area (Å²) in [6.07, 6.45) is 0. The van der Waals surface area contributed by atoms with E-state index < -0.39 is 17.2 Å². The number of carbonyl (C=O) groups excluding carboxylic acids is 2. The molecule has 0 aliphatic carbocycles. The second kappa shape index (κ2) is 9.69. The van der Waals surface area contributed by atoms with Crippen LogP contribution < -0.4 is 21.0 Å². The minimum Gasteiger partial charge on any atom is -0.379 e. The first-order valence-corrected chi connectivity index (χ1v) is 12.7. The highest BCUT2D eigenvalue weighted by molar-refractivity contribution is 6.06. The van der Waals surface area contributed by atoms with Crippen molar-refractivity contribution in [3.05, 3.63) is 51.9 Å². The predicted octanol–water partition coefficient (Wildman–Crippen LogP) is 0.477. The molecule has 0 radical (unpaired) electrons. The Kier molecular flexibility index (Phi) is 6.20. The standard InChI is InChI=1S/C26H28FN7O4/c1-31-18-4-2-3-5-19(18)34-23-16(14-17(27)24(30-23)33-9-7-28-20(35)15-33)22(36)21(26(31)34)25(37)29-6-8-32-10-12-38-13-11-32/h2-5,14H,6-13,15H2,1H3,(H,28,35)(H,29,37). The number of aryl methyl sites for hydroxylation is 1. The van der Waals surface area contributed by atoms with Crippen molar-refractivity contribution in [3.63, 3.8) is 0 Å². The Bertz CT molecular complexity index is 1640. The largest absolute Gasteiger partial charge is 0.379 e. The number of benzene rings is 1. The predicted molar refractivity (Wildman–Crippen MR) is 140 cm³/mol. The minimum atomic E-state index is -0.719. The third-order valence-electron chi connectivity index (χ3n) is 7.24. The number of carbonyl (C=O) groups is 2. The van der Waals surface area contributed by atoms with Crippen LogP contribution in [0.3, 0.4) is 0 Å². The first-order valence-electron chi connectivity index (χ1n) is 12.7. The summed E-state index contributed by atoms with van der Waals surface area (Å²) in [5, 5.41) is 5.60. The Balaban J connectivity index is 1.50. The number of imidazole rings is 1. The van der Waals surface area contributed by atoms with Gasteiger partial charge in [-0.25, -0.2) is 9.37 Å². The lowest BCUT2D eigenvalue weighted by molar-refractivity contribution is -0.120. The first kappa shape index (κ1) is 24.3. The smallest absolute Gasteiger partial charge is 0.259 e. The fraction of sp³-hybridized carbons (Fsp3) is 0.385. The average Bonchev–Trinajstić information content (AvgIpc) is 3.21. The third kappa shape index (κ3) is 4.05. The van der Waals surface area contributed by atoms with E-state index in [-0.39, 0.29) is 34.9 Å². The van der Waals surface area contributed by atoms with E-state index in [2.05, 4.69) is 20.5 Å². The molecule has 12 heteroatoms. The molecule has 4 aromatic rings. The van der Waals surface area contributed by atoms with Crippen molar-refractivity contribution in [1.29, 1.82) is 0 Å². The van der Waals surface area contributed by atoms with Crippen molar-refractivity contribution in [2.75, 3.05) is 63.9 Å². The van der Waals surface area contributed by atoms with Crippen LogP contribution in [0.15, 0.2) is 35.1 Å². The summed E-state index contributed by atoms with van der Waals surface area (Å²) in [6.45, 7) is 4.58. The Morgan fingerprint density at radius 1 is 1.16 bits per heavy atom. The molecule has 2 fully saturated rings. The molecular weight excluding hydrogens is 493 g/mol. The molecule has 2 saturated heterocycles. The molecule has 5 heterocycles. The average molecular weight is 522 g/mol. The molecule has 38 heavy (non-hydrogen) atoms. The van der Waals surface area contributed by atoms with Gasteiger partial charge in [-0.15, -0.1) is 0 Å². The molecule has 198 valence electrons. The number of morpholine rings is 1. The molecule has 2 amide bonds. The van der Waals surface area contributed by atoms with Gasteiger partial charge in [-0.05, 0) is 18.2 Å². The molecule has 2 aliphatic heterocycles. The maximum Gasteiger partial charge on any atom is 0.259 e. The van der Waals surface area contributed by atoms with Crippen LogP contribution in [0.1, 0.15) is 10.4 Å². The molecule has 0 spiro atoms. The number of nitrogens with zero attached hydrogens (tertiary/aromatic N) is 5. The van der Waals surface area contributed by atoms with Crippen molar-refractivity contribution in [3.8, 4) is 0 Å². The number of aromatic nitrogens is 3. The van der Waals surface area contributed by atoms with E-state index in [1.807, 2.05) is 24.3 Å². The lowest BCUT2D eigenvalue weighted by Gasteiger charge is -2.28. The van der Waals surface area contributed by atoms with Crippen molar-refractivity contribution in [1.82, 2.24) is 29.5 Å². The van der Waals surface area contributed by atoms with Gasteiger partial charge >= 0.3 is 0 Å². The highest BCUT2D eigenvalue weighted by atomic mass is 19.1. The zero-order chi connectivity index (χ0) is 26.4. The van der Waals surface area contributed by atoms with Crippen molar-refractivity contribution in [2.45, 2.75) is 0 Å². The minimum absolute atomic E-state index is 0.0000988. The van der Waals surface area contributed by atoms with Gasteiger partial charge < -0.3 is 24.8 Å². The first-order chi connectivity index (χ1) is 18.4. The van der Waals surface area contributed by atoms with Gasteiger partial charge in [0.15, 0.2) is 17.3 Å². The van der Waals surface area contributed by atoms with Gasteiger partial charge in [0, 0.05) is 46.3 Å². The normalized spacial score (nSPS) is 16.9. The number of pyridine rings is 2. The van der Waals surface area contributed by atoms with Crippen molar-refractivity contribution in [2.24, 2.45) is 7.05 Å². The summed E-state index contributed by atoms with van der Waals surface area (Å²) in [5.74, 6) is -1.47. The molecule has 0 bridgehead atoms. The summed E-state index contributed by atoms with van der Waals surface area (Å²) in [5.41, 5.74) is 1.45. The van der Waals surface area contributed by atoms with E-state index in [4.69, 9.17) is 4.74 Å². The molecule has 0 saturated carbocycles. The summed E-state index contributed by atoms with van der Waals surface area (Å²) >= 11 is 0. The number of ether oxygens (including phenoxy) is 1. The second-order valence-corrected chi connectivity index (χ2v) is 9.56. The number of amides is 2. The molecular formula is C26H28FN7O4. The van der Waals surface area contributed by atoms with Crippen LogP contribution in [0.4, 0.5) is 10.2 Å². The van der Waals surface area contributed by atoms with E-state index in [1.165, 1.54) is 0 Å². The zero-order valence-corrected chi connectivity index (χ0v) is 21.0. The van der Waals surface area contributed by atoms with Crippen LogP contribution in [0.5, 0.6) is 0 Å². The number of piperazine rings is 1. The monoisotopic (exact) mass is 521 g/mol. The zero-order valence-electron chi connectivity index (χ0n) is 21.0. The number of para-hydroxylation sites is 2. The van der Waals surface area contributed by atoms with Gasteiger partial charge in [-0.3, -0.25) is 23.7 Å². The Morgan fingerprint density at radius 2 is 1.92 bits per heavy atom. The molecule has 0 unspecified atom stereocenters. The van der Waals surface area contributed by atoms with Gasteiger partial charge in [0.2, 0.25) is 11.3 Å². The van der Waals surface area contributed by atoms with E-state index >= 15 is 4.39 Å². The lowest BCUT2D eigenvalue weighted by atomic mass is 10.1. The Labute approximate surface area is 216 Å². The number of fused-ring (bicyclic) bond motifs is 5. The van der Waals surface area contributed by atoms with Gasteiger partial charge in [-0.1, -0.05) is 12.1 Å². The highest BCUT2D eigenvalue weighted by Crippen LogP contribution is 2.28. The fourth-order valence-corrected chi connectivity index (χ4v) is 5.34. The molecule has 1 aromatic carbocycles. The van der Waals surface area contributed by atoms with Crippen LogP contribution in [0, 0.1) is 5.82 Å². The van der Waals surface area contributed by atoms with Crippen molar-refractivity contribution < 1.29 is 18.7 Å². The van der Waals surface area contributed by atoms with Gasteiger partial charge in [-0.2, -0.15) is 0 Å². The third-order valence-corrected chi connectivity index (χ3v) is 7.24. The number of nitrogens with one attached hydrogen (secondary N) is 2. The number of hydrogen-bond donors (Lipinski definition) is 2. The molecule has 11 nitrogen and oxygen atoms in total. The van der Waals surface area contributed by atoms with E-state index in [9.17, 15) is 14.4 Å². The molecule has 6 rings (SSSR count). The Hall–Kier alpha value is -4.03. The van der Waals surface area contributed by atoms with Crippen LogP contribution in [-0.2, 0) is 16.6 Å². The second-order valence-electron chi connectivity index (χ2n) is 9.56. The summed E-state index contributed by atoms with van der Waals surface area (Å²) in [4.78, 5) is 47.5. The summed E-state index contributed by atoms with van der Waals surface area (Å²) < 4.78 is 24.3. The number of halogens is 1. The van der Waals surface area contributed by atoms with Gasteiger partial charge in [0.25, 0.3) is 5.91 Å². The maximum absolute atomic E-state index is 15.4. The SMILES string of the molecule is Cn1c2ccccc2n2c3nc(N4CCNC(=O)C4)c(F)cc3c(=O)c(C(=O)NCCN3CCOCC3)c12. The topological polar surface area (TPSA) is 113 Å². The number of anilines is 1. The fourth-order valence-electron chi connectivity index (χ4n) is 5.34. The van der Waals surface area contributed by atoms with E-state index in [0.717, 1.165) is 30.2 Å². The van der Waals surface area contributed by atoms with E-state index in [0.29, 0.717) is 45.0 Å². The highest BCUT2D eigenvalue weighted by Gasteiger charge is 2.27. The molecule has 2 N–H and O–H groups in total. The van der Waals surface area contributed by atoms with Crippen LogP contribution in [0.25, 0.3) is 27.7 Å². The quantitative estimate of drug-likeness (QED) is 0.393. The molecule has 0 atom stereocenters. The lowest BCUT2D eigenvalue weighted by Crippen LogP contribution is -2.48.